The molecular formula is C37H46N8O5. The predicted octanol–water partition coefficient (Wildman–Crippen LogP) is 3.64. The molecule has 13 heteroatoms. The number of aromatic nitrogens is 2. The zero-order valence-electron chi connectivity index (χ0n) is 29.2. The number of hydrogen-bond acceptors (Lipinski definition) is 8. The normalized spacial score (nSPS) is 21.3. The van der Waals surface area contributed by atoms with E-state index in [9.17, 15) is 19.2 Å². The molecular weight excluding hydrogens is 636 g/mol. The first-order valence-corrected chi connectivity index (χ1v) is 17.3. The van der Waals surface area contributed by atoms with Gasteiger partial charge in [0.2, 0.25) is 17.7 Å². The van der Waals surface area contributed by atoms with Gasteiger partial charge in [0.1, 0.15) is 30.3 Å². The van der Waals surface area contributed by atoms with Gasteiger partial charge < -0.3 is 35.5 Å². The Labute approximate surface area is 292 Å². The predicted molar refractivity (Wildman–Crippen MR) is 189 cm³/mol. The van der Waals surface area contributed by atoms with Gasteiger partial charge in [0.25, 0.3) is 0 Å². The molecule has 264 valence electrons. The largest absolute Gasteiger partial charge is 0.453 e. The van der Waals surface area contributed by atoms with Crippen molar-refractivity contribution in [2.24, 2.45) is 16.8 Å². The Balaban J connectivity index is 1.06. The van der Waals surface area contributed by atoms with Gasteiger partial charge in [-0.15, -0.1) is 0 Å². The molecule has 2 saturated heterocycles. The van der Waals surface area contributed by atoms with E-state index in [-0.39, 0.29) is 54.7 Å². The number of hydrogen-bond donors (Lipinski definition) is 4. The zero-order chi connectivity index (χ0) is 35.5. The fourth-order valence-electron chi connectivity index (χ4n) is 6.88. The minimum Gasteiger partial charge on any atom is -0.453 e. The van der Waals surface area contributed by atoms with Crippen LogP contribution in [0.15, 0.2) is 59.7 Å². The van der Waals surface area contributed by atoms with Crippen molar-refractivity contribution in [2.75, 3.05) is 26.7 Å². The van der Waals surface area contributed by atoms with E-state index in [1.54, 1.807) is 11.1 Å². The zero-order valence-corrected chi connectivity index (χ0v) is 29.2. The lowest BCUT2D eigenvalue weighted by molar-refractivity contribution is -0.146. The number of aliphatic imine (C=N–C) groups is 1. The minimum atomic E-state index is -0.667. The highest BCUT2D eigenvalue weighted by Crippen LogP contribution is 2.29. The minimum absolute atomic E-state index is 0.00634. The van der Waals surface area contributed by atoms with E-state index in [1.807, 2.05) is 44.7 Å². The molecule has 4 atom stereocenters. The average molecular weight is 683 g/mol. The number of imidazole rings is 1. The van der Waals surface area contributed by atoms with Crippen molar-refractivity contribution < 1.29 is 23.9 Å². The lowest BCUT2D eigenvalue weighted by atomic mass is 9.99. The van der Waals surface area contributed by atoms with E-state index < -0.39 is 18.2 Å². The van der Waals surface area contributed by atoms with Crippen molar-refractivity contribution >= 4 is 29.7 Å². The van der Waals surface area contributed by atoms with Crippen molar-refractivity contribution in [3.8, 4) is 22.4 Å². The summed E-state index contributed by atoms with van der Waals surface area (Å²) in [6, 6.07) is 15.3. The number of alkyl carbamates (subject to hydrolysis) is 1. The SMILES string of the molecule is COC(=O)N[C@H](C(=O)N1CCC[C@H]1C1=NCC(c2ccc(-c3ccc(-c4cnc(CN5CC(=O)N[C@@H](C(C)C)C5=O)[nH]4)cc3)cc2)N1)C(C)C. The van der Waals surface area contributed by atoms with Gasteiger partial charge in [0.15, 0.2) is 0 Å². The van der Waals surface area contributed by atoms with E-state index in [0.29, 0.717) is 18.9 Å². The van der Waals surface area contributed by atoms with Crippen molar-refractivity contribution in [3.63, 3.8) is 0 Å². The molecule has 2 aromatic carbocycles. The molecule has 2 fully saturated rings. The van der Waals surface area contributed by atoms with Gasteiger partial charge in [0, 0.05) is 6.54 Å². The summed E-state index contributed by atoms with van der Waals surface area (Å²) in [4.78, 5) is 66.4. The first-order chi connectivity index (χ1) is 24.0. The Bertz CT molecular complexity index is 1750. The van der Waals surface area contributed by atoms with E-state index >= 15 is 0 Å². The third-order valence-corrected chi connectivity index (χ3v) is 9.72. The van der Waals surface area contributed by atoms with Crippen molar-refractivity contribution in [2.45, 2.75) is 71.2 Å². The summed E-state index contributed by atoms with van der Waals surface area (Å²) >= 11 is 0. The molecule has 1 unspecified atom stereocenters. The molecule has 3 aliphatic rings. The fourth-order valence-corrected chi connectivity index (χ4v) is 6.88. The summed E-state index contributed by atoms with van der Waals surface area (Å²) in [6.07, 6.45) is 2.83. The maximum absolute atomic E-state index is 13.5. The number of H-pyrrole nitrogens is 1. The molecule has 0 spiro atoms. The van der Waals surface area contributed by atoms with Crippen molar-refractivity contribution in [1.82, 2.24) is 35.7 Å². The Morgan fingerprint density at radius 3 is 2.32 bits per heavy atom. The second-order valence-corrected chi connectivity index (χ2v) is 13.9. The smallest absolute Gasteiger partial charge is 0.407 e. The van der Waals surface area contributed by atoms with Crippen molar-refractivity contribution in [1.29, 1.82) is 0 Å². The molecule has 3 aromatic rings. The Morgan fingerprint density at radius 2 is 1.66 bits per heavy atom. The summed E-state index contributed by atoms with van der Waals surface area (Å²) in [5.74, 6) is 0.988. The molecule has 4 heterocycles. The van der Waals surface area contributed by atoms with Gasteiger partial charge in [-0.25, -0.2) is 9.78 Å². The number of ether oxygens (including phenoxy) is 1. The van der Waals surface area contributed by atoms with Crippen LogP contribution in [0.25, 0.3) is 22.4 Å². The Hall–Kier alpha value is -5.20. The second kappa shape index (κ2) is 14.7. The number of benzene rings is 2. The van der Waals surface area contributed by atoms with Gasteiger partial charge in [-0.05, 0) is 46.9 Å². The molecule has 0 bridgehead atoms. The summed E-state index contributed by atoms with van der Waals surface area (Å²) in [5, 5.41) is 9.05. The van der Waals surface area contributed by atoms with Crippen LogP contribution in [0.2, 0.25) is 0 Å². The molecule has 0 radical (unpaired) electrons. The van der Waals surface area contributed by atoms with Crippen LogP contribution >= 0.6 is 0 Å². The topological polar surface area (TPSA) is 161 Å². The second-order valence-electron chi connectivity index (χ2n) is 13.9. The fraction of sp³-hybridized carbons (Fsp3) is 0.459. The highest BCUT2D eigenvalue weighted by atomic mass is 16.5. The number of likely N-dealkylation sites (tertiary alicyclic amines) is 1. The van der Waals surface area contributed by atoms with Crippen LogP contribution in [-0.4, -0.2) is 94.3 Å². The number of amides is 4. The molecule has 13 nitrogen and oxygen atoms in total. The maximum Gasteiger partial charge on any atom is 0.407 e. The Morgan fingerprint density at radius 1 is 0.980 bits per heavy atom. The highest BCUT2D eigenvalue weighted by Gasteiger charge is 2.39. The van der Waals surface area contributed by atoms with Crippen molar-refractivity contribution in [3.05, 3.63) is 66.1 Å². The van der Waals surface area contributed by atoms with Crippen LogP contribution in [-0.2, 0) is 25.7 Å². The number of aromatic amines is 1. The first kappa shape index (κ1) is 34.7. The summed E-state index contributed by atoms with van der Waals surface area (Å²) in [5.41, 5.74) is 5.06. The highest BCUT2D eigenvalue weighted by molar-refractivity contribution is 5.96. The van der Waals surface area contributed by atoms with Crippen LogP contribution < -0.4 is 16.0 Å². The number of carbonyl (C=O) groups excluding carboxylic acids is 4. The van der Waals surface area contributed by atoms with E-state index in [4.69, 9.17) is 9.73 Å². The van der Waals surface area contributed by atoms with E-state index in [2.05, 4.69) is 62.3 Å². The maximum atomic E-state index is 13.5. The standard InChI is InChI=1S/C37H46N8O5/c1-21(2)32-35(47)44(20-31(46)42-32)19-30-38-17-27(40-30)25-12-8-23(9-13-25)24-10-14-26(15-11-24)28-18-39-34(41-28)29-7-6-16-45(29)36(48)33(22(3)4)43-37(49)50-5/h8-15,17,21-22,28-29,32-33H,6-7,16,18-20H2,1-5H3,(H,38,40)(H,39,41)(H,42,46)(H,43,49)/t28?,29-,32-,33-/m0/s1. The van der Waals surface area contributed by atoms with Crippen LogP contribution in [0.5, 0.6) is 0 Å². The first-order valence-electron chi connectivity index (χ1n) is 17.3. The van der Waals surface area contributed by atoms with E-state index in [1.165, 1.54) is 7.11 Å². The number of methoxy groups -OCH3 is 1. The monoisotopic (exact) mass is 682 g/mol. The summed E-state index contributed by atoms with van der Waals surface area (Å²) in [6.45, 7) is 9.12. The molecule has 50 heavy (non-hydrogen) atoms. The number of rotatable bonds is 10. The van der Waals surface area contributed by atoms with E-state index in [0.717, 1.165) is 46.6 Å². The molecule has 0 aliphatic carbocycles. The molecule has 1 aromatic heterocycles. The van der Waals surface area contributed by atoms with Crippen LogP contribution in [0, 0.1) is 11.8 Å². The number of amidine groups is 1. The van der Waals surface area contributed by atoms with Gasteiger partial charge in [-0.1, -0.05) is 76.2 Å². The third kappa shape index (κ3) is 7.36. The summed E-state index contributed by atoms with van der Waals surface area (Å²) < 4.78 is 4.75. The number of nitrogens with one attached hydrogen (secondary N) is 4. The number of carbonyl (C=O) groups is 4. The molecule has 0 saturated carbocycles. The molecule has 3 aliphatic heterocycles. The van der Waals surface area contributed by atoms with Gasteiger partial charge in [0.05, 0.1) is 44.2 Å². The molecule has 4 amide bonds. The molecule has 4 N–H and O–H groups in total. The van der Waals surface area contributed by atoms with Gasteiger partial charge in [-0.3, -0.25) is 19.4 Å². The number of nitrogens with zero attached hydrogens (tertiary/aromatic N) is 4. The lowest BCUT2D eigenvalue weighted by Gasteiger charge is -2.33. The number of piperazine rings is 1. The molecule has 6 rings (SSSR count). The summed E-state index contributed by atoms with van der Waals surface area (Å²) in [7, 11) is 1.29. The average Bonchev–Trinajstić information content (AvgIpc) is 3.90. The van der Waals surface area contributed by atoms with Crippen LogP contribution in [0.4, 0.5) is 4.79 Å². The van der Waals surface area contributed by atoms with Gasteiger partial charge in [-0.2, -0.15) is 0 Å². The quantitative estimate of drug-likeness (QED) is 0.254. The lowest BCUT2D eigenvalue weighted by Crippen LogP contribution is -2.59. The van der Waals surface area contributed by atoms with Crippen LogP contribution in [0.1, 0.15) is 58.0 Å². The third-order valence-electron chi connectivity index (χ3n) is 9.72. The Kier molecular flexibility index (Phi) is 10.2. The van der Waals surface area contributed by atoms with Crippen LogP contribution in [0.3, 0.4) is 0 Å². The van der Waals surface area contributed by atoms with Gasteiger partial charge >= 0.3 is 6.09 Å².